The van der Waals surface area contributed by atoms with Gasteiger partial charge in [0.2, 0.25) is 0 Å². The Kier molecular flexibility index (Phi) is 17.4. The summed E-state index contributed by atoms with van der Waals surface area (Å²) in [7, 11) is 2.73. The normalized spacial score (nSPS) is 33.3. The van der Waals surface area contributed by atoms with Gasteiger partial charge in [0, 0.05) is 19.9 Å². The third-order valence-corrected chi connectivity index (χ3v) is 10.3. The molecular formula is C41H54O22. The van der Waals surface area contributed by atoms with Crippen LogP contribution in [0.4, 0.5) is 0 Å². The van der Waals surface area contributed by atoms with Crippen LogP contribution in [-0.2, 0) is 63.4 Å². The lowest BCUT2D eigenvalue weighted by Gasteiger charge is -2.49. The van der Waals surface area contributed by atoms with Gasteiger partial charge in [-0.05, 0) is 54.8 Å². The van der Waals surface area contributed by atoms with Crippen LogP contribution >= 0.6 is 0 Å². The van der Waals surface area contributed by atoms with Gasteiger partial charge in [0.1, 0.15) is 48.8 Å². The summed E-state index contributed by atoms with van der Waals surface area (Å²) in [5, 5.41) is 83.7. The predicted molar refractivity (Wildman–Crippen MR) is 209 cm³/mol. The van der Waals surface area contributed by atoms with Crippen molar-refractivity contribution in [3.8, 4) is 23.0 Å². The zero-order valence-corrected chi connectivity index (χ0v) is 34.9. The molecule has 0 aliphatic carbocycles. The number of phenolic OH excluding ortho intramolecular Hbond substituents is 2. The lowest BCUT2D eigenvalue weighted by molar-refractivity contribution is -0.376. The fourth-order valence-corrected chi connectivity index (χ4v) is 7.20. The number of aromatic hydroxyl groups is 2. The second-order valence-electron chi connectivity index (χ2n) is 14.8. The van der Waals surface area contributed by atoms with Gasteiger partial charge < -0.3 is 93.0 Å². The van der Waals surface area contributed by atoms with Gasteiger partial charge in [-0.3, -0.25) is 9.59 Å². The summed E-state index contributed by atoms with van der Waals surface area (Å²) in [6, 6.07) is 8.93. The van der Waals surface area contributed by atoms with Crippen LogP contribution in [-0.4, -0.2) is 185 Å². The van der Waals surface area contributed by atoms with E-state index in [9.17, 15) is 55.2 Å². The summed E-state index contributed by atoms with van der Waals surface area (Å²) < 4.78 is 62.8. The Balaban J connectivity index is 1.45. The SMILES string of the molecule is COc1ccc(CCO[C@@H]2O[C@H](CO)[C@@H](OC(=O)/C=C/c3ccc(O)c(OC)c3)[C@H](O[C@@H]3O[C@@H](C)[C@H](O[C@@H]4O[C@H](CO)[C@@H](O)[C@H](O)[C@H]4O)[C@@H](OC(C)=O)[C@H]3OC(C)=O)[C@H]2O)cc1O. The molecule has 15 atom stereocenters. The minimum absolute atomic E-state index is 0.120. The minimum Gasteiger partial charge on any atom is -0.504 e. The van der Waals surface area contributed by atoms with Crippen LogP contribution < -0.4 is 9.47 Å². The molecule has 3 saturated heterocycles. The zero-order valence-electron chi connectivity index (χ0n) is 34.9. The summed E-state index contributed by atoms with van der Waals surface area (Å²) in [5.41, 5.74) is 1.03. The minimum atomic E-state index is -1.89. The topological polar surface area (TPSA) is 315 Å². The molecule has 0 unspecified atom stereocenters. The molecule has 0 radical (unpaired) electrons. The summed E-state index contributed by atoms with van der Waals surface area (Å²) >= 11 is 0. The van der Waals surface area contributed by atoms with Gasteiger partial charge in [-0.15, -0.1) is 0 Å². The molecule has 0 amide bonds. The quantitative estimate of drug-likeness (QED) is 0.0512. The molecule has 22 nitrogen and oxygen atoms in total. The first-order valence-electron chi connectivity index (χ1n) is 19.8. The van der Waals surface area contributed by atoms with Crippen molar-refractivity contribution in [2.24, 2.45) is 0 Å². The Bertz CT molecular complexity index is 1870. The number of hydrogen-bond donors (Lipinski definition) is 8. The second kappa shape index (κ2) is 22.3. The molecule has 8 N–H and O–H groups in total. The first-order chi connectivity index (χ1) is 30.0. The maximum atomic E-state index is 13.4. The van der Waals surface area contributed by atoms with E-state index in [4.69, 9.17) is 52.1 Å². The van der Waals surface area contributed by atoms with Gasteiger partial charge >= 0.3 is 17.9 Å². The van der Waals surface area contributed by atoms with Crippen LogP contribution in [0.5, 0.6) is 23.0 Å². The van der Waals surface area contributed by atoms with E-state index in [1.54, 1.807) is 12.1 Å². The standard InChI is InChI=1S/C41H54O22/c1-18-34(62-40-32(51)31(50)30(49)27(16-42)59-40)37(57-19(2)44)38(58-20(3)45)41(56-18)63-36-33(52)39(55-13-12-22-7-10-25(53-4)24(47)14-22)60-28(17-43)35(36)61-29(48)11-8-21-6-9-23(46)26(15-21)54-5/h6-11,14-15,18,27-28,30-43,46-47,49-52H,12-13,16-17H2,1-5H3/b11-8+/t18-,27+,28+,30+,31-,32+,33+,34-,35+,36+,37+,38+,39+,40-,41-/m0/s1. The lowest BCUT2D eigenvalue weighted by Crippen LogP contribution is -2.67. The molecule has 5 rings (SSSR count). The Morgan fingerprint density at radius 2 is 1.30 bits per heavy atom. The molecule has 63 heavy (non-hydrogen) atoms. The van der Waals surface area contributed by atoms with Crippen LogP contribution in [0.3, 0.4) is 0 Å². The third-order valence-electron chi connectivity index (χ3n) is 10.3. The molecule has 3 aliphatic rings. The van der Waals surface area contributed by atoms with E-state index < -0.39 is 123 Å². The van der Waals surface area contributed by atoms with E-state index in [0.29, 0.717) is 11.1 Å². The smallest absolute Gasteiger partial charge is 0.331 e. The number of phenols is 2. The highest BCUT2D eigenvalue weighted by Gasteiger charge is 2.56. The van der Waals surface area contributed by atoms with E-state index in [0.717, 1.165) is 19.9 Å². The fraction of sp³-hybridized carbons (Fsp3) is 0.585. The van der Waals surface area contributed by atoms with Crippen molar-refractivity contribution in [3.05, 3.63) is 53.6 Å². The van der Waals surface area contributed by atoms with Gasteiger partial charge in [0.25, 0.3) is 0 Å². The molecule has 22 heteroatoms. The van der Waals surface area contributed by atoms with Crippen molar-refractivity contribution in [2.45, 2.75) is 119 Å². The number of carbonyl (C=O) groups is 3. The van der Waals surface area contributed by atoms with Crippen LogP contribution in [0.2, 0.25) is 0 Å². The fourth-order valence-electron chi connectivity index (χ4n) is 7.20. The van der Waals surface area contributed by atoms with Gasteiger partial charge in [-0.1, -0.05) is 12.1 Å². The van der Waals surface area contributed by atoms with E-state index in [1.807, 2.05) is 0 Å². The highest BCUT2D eigenvalue weighted by molar-refractivity contribution is 5.87. The average Bonchev–Trinajstić information content (AvgIpc) is 3.24. The van der Waals surface area contributed by atoms with E-state index in [1.165, 1.54) is 51.5 Å². The maximum Gasteiger partial charge on any atom is 0.331 e. The van der Waals surface area contributed by atoms with Crippen molar-refractivity contribution < 1.29 is 107 Å². The number of carbonyl (C=O) groups excluding carboxylic acids is 3. The van der Waals surface area contributed by atoms with Crippen molar-refractivity contribution in [1.29, 1.82) is 0 Å². The molecule has 3 heterocycles. The molecule has 3 fully saturated rings. The Labute approximate surface area is 360 Å². The first-order valence-corrected chi connectivity index (χ1v) is 19.8. The van der Waals surface area contributed by atoms with Crippen molar-refractivity contribution in [1.82, 2.24) is 0 Å². The molecule has 0 aromatic heterocycles. The van der Waals surface area contributed by atoms with Gasteiger partial charge in [0.05, 0.1) is 40.1 Å². The van der Waals surface area contributed by atoms with E-state index in [-0.39, 0.29) is 36.0 Å². The van der Waals surface area contributed by atoms with Gasteiger partial charge in [-0.2, -0.15) is 0 Å². The lowest BCUT2D eigenvalue weighted by atomic mass is 9.95. The highest BCUT2D eigenvalue weighted by atomic mass is 16.8. The number of aliphatic hydroxyl groups is 6. The highest BCUT2D eigenvalue weighted by Crippen LogP contribution is 2.36. The third kappa shape index (κ3) is 12.1. The van der Waals surface area contributed by atoms with Crippen LogP contribution in [0.15, 0.2) is 42.5 Å². The van der Waals surface area contributed by atoms with E-state index >= 15 is 0 Å². The Hall–Kier alpha value is -4.69. The van der Waals surface area contributed by atoms with Crippen LogP contribution in [0.25, 0.3) is 6.08 Å². The summed E-state index contributed by atoms with van der Waals surface area (Å²) in [6.07, 6.45) is -22.2. The molecule has 2 aromatic rings. The summed E-state index contributed by atoms with van der Waals surface area (Å²) in [5.74, 6) is -2.79. The molecular weight excluding hydrogens is 844 g/mol. The molecule has 0 spiro atoms. The van der Waals surface area contributed by atoms with Gasteiger partial charge in [-0.25, -0.2) is 4.79 Å². The number of benzene rings is 2. The predicted octanol–water partition coefficient (Wildman–Crippen LogP) is -1.44. The number of aliphatic hydroxyl groups excluding tert-OH is 6. The average molecular weight is 899 g/mol. The number of rotatable bonds is 17. The van der Waals surface area contributed by atoms with E-state index in [2.05, 4.69) is 0 Å². The Morgan fingerprint density at radius 3 is 1.94 bits per heavy atom. The molecule has 0 saturated carbocycles. The largest absolute Gasteiger partial charge is 0.504 e. The van der Waals surface area contributed by atoms with Crippen molar-refractivity contribution >= 4 is 24.0 Å². The molecule has 3 aliphatic heterocycles. The number of ether oxygens (including phenoxy) is 11. The zero-order chi connectivity index (χ0) is 46.1. The second-order valence-corrected chi connectivity index (χ2v) is 14.8. The summed E-state index contributed by atoms with van der Waals surface area (Å²) in [6.45, 7) is 1.73. The monoisotopic (exact) mass is 898 g/mol. The number of hydrogen-bond acceptors (Lipinski definition) is 22. The first kappa shape index (κ1) is 49.3. The van der Waals surface area contributed by atoms with Crippen molar-refractivity contribution in [3.63, 3.8) is 0 Å². The van der Waals surface area contributed by atoms with Crippen molar-refractivity contribution in [2.75, 3.05) is 34.0 Å². The number of methoxy groups -OCH3 is 2. The molecule has 350 valence electrons. The molecule has 2 aromatic carbocycles. The van der Waals surface area contributed by atoms with Crippen LogP contribution in [0, 0.1) is 0 Å². The summed E-state index contributed by atoms with van der Waals surface area (Å²) in [4.78, 5) is 38.6. The van der Waals surface area contributed by atoms with Crippen LogP contribution in [0.1, 0.15) is 31.9 Å². The van der Waals surface area contributed by atoms with Gasteiger partial charge in [0.15, 0.2) is 60.2 Å². The Morgan fingerprint density at radius 1 is 0.651 bits per heavy atom. The number of esters is 3. The maximum absolute atomic E-state index is 13.4. The molecule has 0 bridgehead atoms.